The van der Waals surface area contributed by atoms with Crippen LogP contribution in [0.2, 0.25) is 0 Å². The number of halogens is 1. The summed E-state index contributed by atoms with van der Waals surface area (Å²) in [5.74, 6) is 0.593. The summed E-state index contributed by atoms with van der Waals surface area (Å²) in [5.41, 5.74) is 0.871. The molecule has 0 aromatic carbocycles. The van der Waals surface area contributed by atoms with Crippen LogP contribution in [0.4, 0.5) is 0 Å². The minimum atomic E-state index is 0.501. The molecule has 0 saturated heterocycles. The van der Waals surface area contributed by atoms with Crippen LogP contribution in [0.3, 0.4) is 0 Å². The van der Waals surface area contributed by atoms with E-state index < -0.39 is 0 Å². The van der Waals surface area contributed by atoms with E-state index in [-0.39, 0.29) is 0 Å². The van der Waals surface area contributed by atoms with Crippen molar-refractivity contribution in [3.63, 3.8) is 0 Å². The molecular weight excluding hydrogens is 220 g/mol. The number of pyridine rings is 1. The first-order chi connectivity index (χ1) is 5.86. The summed E-state index contributed by atoms with van der Waals surface area (Å²) >= 11 is 3.12. The van der Waals surface area contributed by atoms with Gasteiger partial charge in [-0.1, -0.05) is 0 Å². The molecule has 0 saturated carbocycles. The lowest BCUT2D eigenvalue weighted by Gasteiger charge is -1.95. The van der Waals surface area contributed by atoms with Gasteiger partial charge >= 0.3 is 0 Å². The fraction of sp³-hybridized carbons (Fsp3) is 0. The van der Waals surface area contributed by atoms with Gasteiger partial charge in [0.05, 0.1) is 0 Å². The van der Waals surface area contributed by atoms with E-state index in [0.717, 1.165) is 5.56 Å². The van der Waals surface area contributed by atoms with Gasteiger partial charge in [0.1, 0.15) is 0 Å². The van der Waals surface area contributed by atoms with Crippen molar-refractivity contribution in [1.82, 2.24) is 10.3 Å². The van der Waals surface area contributed by atoms with Gasteiger partial charge < -0.3 is 0 Å². The molecule has 2 heterocycles. The van der Waals surface area contributed by atoms with E-state index in [1.54, 1.807) is 12.4 Å². The van der Waals surface area contributed by atoms with Crippen molar-refractivity contribution in [2.45, 2.75) is 0 Å². The Labute approximate surface area is 77.6 Å². The Hall–Kier alpha value is -1.23. The smallest absolute Gasteiger partial charge is 0.220 e. The highest BCUT2D eigenvalue weighted by Crippen LogP contribution is 2.05. The van der Waals surface area contributed by atoms with Gasteiger partial charge in [0.25, 0.3) is 0 Å². The van der Waals surface area contributed by atoms with Crippen LogP contribution in [0.25, 0.3) is 0 Å². The van der Waals surface area contributed by atoms with Crippen molar-refractivity contribution in [3.05, 3.63) is 30.1 Å². The zero-order chi connectivity index (χ0) is 8.39. The molecule has 0 atom stereocenters. The van der Waals surface area contributed by atoms with Crippen LogP contribution in [0.1, 0.15) is 5.56 Å². The van der Waals surface area contributed by atoms with Crippen molar-refractivity contribution in [3.8, 4) is 0 Å². The first-order valence-corrected chi connectivity index (χ1v) is 4.09. The standard InChI is InChI=1S/C7H4BrN4/c8-7-10-6(11-12-7)5-2-1-3-9-4-5/h1-4H. The number of rotatable bonds is 1. The minimum Gasteiger partial charge on any atom is -0.264 e. The molecular formula is C7H4BrN4. The maximum absolute atomic E-state index is 4.04. The summed E-state index contributed by atoms with van der Waals surface area (Å²) in [4.78, 5) is 3.95. The molecule has 4 nitrogen and oxygen atoms in total. The highest BCUT2D eigenvalue weighted by molar-refractivity contribution is 9.18. The van der Waals surface area contributed by atoms with Gasteiger partial charge in [0, 0.05) is 18.0 Å². The molecule has 0 aliphatic carbocycles. The number of aromatic nitrogens is 1. The van der Waals surface area contributed by atoms with Crippen LogP contribution in [-0.2, 0) is 0 Å². The van der Waals surface area contributed by atoms with Gasteiger partial charge in [0.2, 0.25) is 4.74 Å². The Bertz CT molecular complexity index is 344. The van der Waals surface area contributed by atoms with E-state index in [2.05, 4.69) is 36.4 Å². The third-order valence-electron chi connectivity index (χ3n) is 1.35. The average molecular weight is 224 g/mol. The third kappa shape index (κ3) is 1.35. The van der Waals surface area contributed by atoms with Crippen molar-refractivity contribution < 1.29 is 0 Å². The Morgan fingerprint density at radius 1 is 1.25 bits per heavy atom. The van der Waals surface area contributed by atoms with Crippen molar-refractivity contribution >= 4 is 26.5 Å². The number of amidine groups is 2. The molecule has 0 fully saturated rings. The first-order valence-electron chi connectivity index (χ1n) is 3.29. The Kier molecular flexibility index (Phi) is 1.87. The van der Waals surface area contributed by atoms with Crippen molar-refractivity contribution in [1.29, 1.82) is 0 Å². The van der Waals surface area contributed by atoms with E-state index in [9.17, 15) is 0 Å². The van der Waals surface area contributed by atoms with Gasteiger partial charge in [-0.15, -0.1) is 10.2 Å². The molecule has 1 aromatic heterocycles. The van der Waals surface area contributed by atoms with E-state index >= 15 is 0 Å². The lowest BCUT2D eigenvalue weighted by atomic mass is 10.3. The van der Waals surface area contributed by atoms with Crippen LogP contribution in [0.15, 0.2) is 34.7 Å². The van der Waals surface area contributed by atoms with Crippen LogP contribution in [-0.4, -0.2) is 15.6 Å². The molecule has 59 valence electrons. The van der Waals surface area contributed by atoms with E-state index in [4.69, 9.17) is 0 Å². The molecule has 2 rings (SSSR count). The highest BCUT2D eigenvalue weighted by atomic mass is 79.9. The number of nitrogens with zero attached hydrogens (tertiary/aromatic N) is 4. The predicted molar refractivity (Wildman–Crippen MR) is 49.3 cm³/mol. The fourth-order valence-electron chi connectivity index (χ4n) is 0.838. The van der Waals surface area contributed by atoms with Gasteiger partial charge in [0.15, 0.2) is 5.84 Å². The Balaban J connectivity index is 2.25. The Morgan fingerprint density at radius 2 is 2.17 bits per heavy atom. The summed E-state index contributed by atoms with van der Waals surface area (Å²) in [7, 11) is 0. The first kappa shape index (κ1) is 7.42. The monoisotopic (exact) mass is 223 g/mol. The quantitative estimate of drug-likeness (QED) is 0.659. The third-order valence-corrected chi connectivity index (χ3v) is 1.68. The molecule has 0 amide bonds. The van der Waals surface area contributed by atoms with Crippen molar-refractivity contribution in [2.75, 3.05) is 0 Å². The van der Waals surface area contributed by atoms with Crippen LogP contribution < -0.4 is 5.32 Å². The average Bonchev–Trinajstić information content (AvgIpc) is 2.54. The second-order valence-electron chi connectivity index (χ2n) is 2.15. The summed E-state index contributed by atoms with van der Waals surface area (Å²) in [6.45, 7) is 0. The van der Waals surface area contributed by atoms with Crippen LogP contribution >= 0.6 is 15.9 Å². The highest BCUT2D eigenvalue weighted by Gasteiger charge is 2.12. The summed E-state index contributed by atoms with van der Waals surface area (Å²) in [5, 5.41) is 11.6. The second-order valence-corrected chi connectivity index (χ2v) is 2.86. The summed E-state index contributed by atoms with van der Waals surface area (Å²) < 4.78 is 0.501. The molecule has 0 spiro atoms. The van der Waals surface area contributed by atoms with Gasteiger partial charge in [-0.2, -0.15) is 5.32 Å². The zero-order valence-electron chi connectivity index (χ0n) is 5.98. The van der Waals surface area contributed by atoms with E-state index in [0.29, 0.717) is 10.6 Å². The number of hydrogen-bond donors (Lipinski definition) is 0. The van der Waals surface area contributed by atoms with Crippen LogP contribution in [0.5, 0.6) is 0 Å². The molecule has 1 aromatic rings. The molecule has 0 unspecified atom stereocenters. The molecule has 1 radical (unpaired) electrons. The number of hydrogen-bond acceptors (Lipinski definition) is 3. The van der Waals surface area contributed by atoms with Gasteiger partial charge in [-0.25, -0.2) is 0 Å². The van der Waals surface area contributed by atoms with Crippen molar-refractivity contribution in [2.24, 2.45) is 10.2 Å². The topological polar surface area (TPSA) is 51.7 Å². The summed E-state index contributed by atoms with van der Waals surface area (Å²) in [6.07, 6.45) is 3.40. The maximum atomic E-state index is 4.04. The lowest BCUT2D eigenvalue weighted by molar-refractivity contribution is 1.25. The molecule has 1 aliphatic heterocycles. The van der Waals surface area contributed by atoms with E-state index in [1.807, 2.05) is 12.1 Å². The summed E-state index contributed by atoms with van der Waals surface area (Å²) in [6, 6.07) is 3.72. The zero-order valence-corrected chi connectivity index (χ0v) is 7.56. The molecule has 5 heteroatoms. The Morgan fingerprint density at radius 3 is 2.75 bits per heavy atom. The van der Waals surface area contributed by atoms with Gasteiger partial charge in [-0.05, 0) is 28.1 Å². The normalized spacial score (nSPS) is 15.1. The molecule has 12 heavy (non-hydrogen) atoms. The second kappa shape index (κ2) is 3.02. The predicted octanol–water partition coefficient (Wildman–Crippen LogP) is 1.11. The van der Waals surface area contributed by atoms with Gasteiger partial charge in [-0.3, -0.25) is 4.98 Å². The SMILES string of the molecule is BrC1=NN=C(c2cccnc2)[N]1. The van der Waals surface area contributed by atoms with Crippen LogP contribution in [0, 0.1) is 0 Å². The molecule has 0 bridgehead atoms. The van der Waals surface area contributed by atoms with E-state index in [1.165, 1.54) is 0 Å². The molecule has 1 aliphatic rings. The molecule has 0 N–H and O–H groups in total. The maximum Gasteiger partial charge on any atom is 0.220 e. The lowest BCUT2D eigenvalue weighted by Crippen LogP contribution is -2.14. The largest absolute Gasteiger partial charge is 0.264 e. The minimum absolute atomic E-state index is 0.501. The fourth-order valence-corrected chi connectivity index (χ4v) is 1.09.